The molecule has 1 aliphatic rings. The van der Waals surface area contributed by atoms with E-state index >= 15 is 0 Å². The summed E-state index contributed by atoms with van der Waals surface area (Å²) < 4.78 is 0. The quantitative estimate of drug-likeness (QED) is 0.908. The van der Waals surface area contributed by atoms with Crippen LogP contribution in [-0.4, -0.2) is 29.9 Å². The van der Waals surface area contributed by atoms with Crippen molar-refractivity contribution in [3.8, 4) is 0 Å². The second-order valence-corrected chi connectivity index (χ2v) is 5.95. The maximum atomic E-state index is 12.3. The van der Waals surface area contributed by atoms with E-state index in [0.29, 0.717) is 11.3 Å². The largest absolute Gasteiger partial charge is 0.339 e. The first-order valence-electron chi connectivity index (χ1n) is 7.22. The molecule has 1 saturated heterocycles. The zero-order valence-corrected chi connectivity index (χ0v) is 12.9. The predicted octanol–water partition coefficient (Wildman–Crippen LogP) is 3.63. The molecule has 6 heteroatoms. The number of urea groups is 1. The van der Waals surface area contributed by atoms with Crippen LogP contribution in [0.1, 0.15) is 23.2 Å². The van der Waals surface area contributed by atoms with Crippen molar-refractivity contribution in [3.05, 3.63) is 46.7 Å². The van der Waals surface area contributed by atoms with Crippen molar-refractivity contribution in [1.29, 1.82) is 0 Å². The molecule has 22 heavy (non-hydrogen) atoms. The molecular weight excluding hydrogens is 298 g/mol. The van der Waals surface area contributed by atoms with E-state index in [9.17, 15) is 9.59 Å². The lowest BCUT2D eigenvalue weighted by atomic mass is 10.2. The van der Waals surface area contributed by atoms with Gasteiger partial charge < -0.3 is 15.5 Å². The molecule has 2 N–H and O–H groups in total. The van der Waals surface area contributed by atoms with Crippen LogP contribution in [-0.2, 0) is 0 Å². The topological polar surface area (TPSA) is 61.4 Å². The van der Waals surface area contributed by atoms with Gasteiger partial charge in [0.25, 0.3) is 5.91 Å². The number of carbonyl (C=O) groups excluding carboxylic acids is 2. The van der Waals surface area contributed by atoms with E-state index in [4.69, 9.17) is 0 Å². The molecule has 0 bridgehead atoms. The van der Waals surface area contributed by atoms with Gasteiger partial charge in [-0.1, -0.05) is 6.07 Å². The fourth-order valence-electron chi connectivity index (χ4n) is 2.46. The summed E-state index contributed by atoms with van der Waals surface area (Å²) in [6, 6.07) is 8.56. The van der Waals surface area contributed by atoms with Crippen LogP contribution in [0.15, 0.2) is 41.1 Å². The summed E-state index contributed by atoms with van der Waals surface area (Å²) in [5.74, 6) is 0.0272. The second kappa shape index (κ2) is 6.62. The number of amides is 3. The van der Waals surface area contributed by atoms with Crippen molar-refractivity contribution in [2.75, 3.05) is 23.7 Å². The van der Waals surface area contributed by atoms with Crippen LogP contribution in [0.2, 0.25) is 0 Å². The molecule has 3 amide bonds. The number of carbonyl (C=O) groups is 2. The molecule has 5 nitrogen and oxygen atoms in total. The molecule has 1 aromatic heterocycles. The molecular formula is C16H17N3O2S. The van der Waals surface area contributed by atoms with Gasteiger partial charge in [0.1, 0.15) is 0 Å². The average molecular weight is 315 g/mol. The Hall–Kier alpha value is -2.34. The Morgan fingerprint density at radius 1 is 1.05 bits per heavy atom. The predicted molar refractivity (Wildman–Crippen MR) is 88.5 cm³/mol. The first kappa shape index (κ1) is 14.6. The minimum Gasteiger partial charge on any atom is -0.339 e. The zero-order valence-electron chi connectivity index (χ0n) is 12.0. The molecule has 1 aromatic carbocycles. The third-order valence-electron chi connectivity index (χ3n) is 3.54. The van der Waals surface area contributed by atoms with Crippen LogP contribution >= 0.6 is 11.3 Å². The number of thiophene rings is 1. The summed E-state index contributed by atoms with van der Waals surface area (Å²) in [5, 5.41) is 9.24. The number of anilines is 2. The number of benzene rings is 1. The fourth-order valence-corrected chi connectivity index (χ4v) is 3.05. The Morgan fingerprint density at radius 2 is 1.82 bits per heavy atom. The highest BCUT2D eigenvalue weighted by molar-refractivity contribution is 7.08. The molecule has 114 valence electrons. The van der Waals surface area contributed by atoms with Crippen LogP contribution < -0.4 is 10.6 Å². The summed E-state index contributed by atoms with van der Waals surface area (Å²) in [6.07, 6.45) is 2.12. The van der Waals surface area contributed by atoms with Crippen LogP contribution in [0.4, 0.5) is 16.2 Å². The van der Waals surface area contributed by atoms with E-state index in [1.54, 1.807) is 24.3 Å². The van der Waals surface area contributed by atoms with Crippen LogP contribution in [0, 0.1) is 0 Å². The fraction of sp³-hybridized carbons (Fsp3) is 0.250. The van der Waals surface area contributed by atoms with E-state index in [-0.39, 0.29) is 11.9 Å². The zero-order chi connectivity index (χ0) is 15.4. The summed E-state index contributed by atoms with van der Waals surface area (Å²) in [6.45, 7) is 1.63. The van der Waals surface area contributed by atoms with Crippen molar-refractivity contribution >= 4 is 34.6 Å². The summed E-state index contributed by atoms with van der Waals surface area (Å²) >= 11 is 1.52. The molecule has 1 fully saturated rings. The lowest BCUT2D eigenvalue weighted by Crippen LogP contribution is -2.27. The highest BCUT2D eigenvalue weighted by Crippen LogP contribution is 2.17. The van der Waals surface area contributed by atoms with Gasteiger partial charge in [0.2, 0.25) is 0 Å². The van der Waals surface area contributed by atoms with Crippen LogP contribution in [0.5, 0.6) is 0 Å². The van der Waals surface area contributed by atoms with Gasteiger partial charge >= 0.3 is 6.03 Å². The third kappa shape index (κ3) is 3.46. The van der Waals surface area contributed by atoms with Gasteiger partial charge in [0, 0.05) is 29.7 Å². The summed E-state index contributed by atoms with van der Waals surface area (Å²) in [4.78, 5) is 26.1. The van der Waals surface area contributed by atoms with Crippen molar-refractivity contribution < 1.29 is 9.59 Å². The molecule has 0 radical (unpaired) electrons. The number of rotatable bonds is 3. The Bertz CT molecular complexity index is 664. The highest BCUT2D eigenvalue weighted by Gasteiger charge is 2.19. The minimum atomic E-state index is -0.316. The van der Waals surface area contributed by atoms with Gasteiger partial charge in [-0.05, 0) is 42.5 Å². The monoisotopic (exact) mass is 315 g/mol. The van der Waals surface area contributed by atoms with Crippen LogP contribution in [0.3, 0.4) is 0 Å². The van der Waals surface area contributed by atoms with Crippen molar-refractivity contribution in [2.45, 2.75) is 12.8 Å². The lowest BCUT2D eigenvalue weighted by molar-refractivity contribution is 0.0793. The van der Waals surface area contributed by atoms with E-state index in [0.717, 1.165) is 31.6 Å². The first-order chi connectivity index (χ1) is 10.7. The average Bonchev–Trinajstić information content (AvgIpc) is 3.19. The molecule has 2 aromatic rings. The number of hydrogen-bond acceptors (Lipinski definition) is 3. The Balaban J connectivity index is 1.65. The summed E-state index contributed by atoms with van der Waals surface area (Å²) in [7, 11) is 0. The van der Waals surface area contributed by atoms with Gasteiger partial charge in [-0.3, -0.25) is 4.79 Å². The highest BCUT2D eigenvalue weighted by atomic mass is 32.1. The minimum absolute atomic E-state index is 0.0272. The summed E-state index contributed by atoms with van der Waals surface area (Å²) in [5.41, 5.74) is 1.97. The molecule has 0 saturated carbocycles. The number of hydrogen-bond donors (Lipinski definition) is 2. The third-order valence-corrected chi connectivity index (χ3v) is 4.22. The smallest absolute Gasteiger partial charge is 0.323 e. The van der Waals surface area contributed by atoms with Gasteiger partial charge in [-0.2, -0.15) is 11.3 Å². The van der Waals surface area contributed by atoms with Crippen molar-refractivity contribution in [1.82, 2.24) is 4.90 Å². The number of nitrogens with zero attached hydrogens (tertiary/aromatic N) is 1. The van der Waals surface area contributed by atoms with E-state index in [2.05, 4.69) is 10.6 Å². The van der Waals surface area contributed by atoms with E-state index in [1.807, 2.05) is 21.7 Å². The van der Waals surface area contributed by atoms with Gasteiger partial charge in [-0.25, -0.2) is 4.79 Å². The van der Waals surface area contributed by atoms with Gasteiger partial charge in [0.15, 0.2) is 0 Å². The van der Waals surface area contributed by atoms with Crippen molar-refractivity contribution in [3.63, 3.8) is 0 Å². The van der Waals surface area contributed by atoms with Gasteiger partial charge in [-0.15, -0.1) is 0 Å². The molecule has 0 spiro atoms. The molecule has 0 aliphatic carbocycles. The first-order valence-corrected chi connectivity index (χ1v) is 8.16. The van der Waals surface area contributed by atoms with E-state index < -0.39 is 0 Å². The Morgan fingerprint density at radius 3 is 2.55 bits per heavy atom. The standard InChI is InChI=1S/C16H17N3O2S/c20-15(19-7-1-2-8-19)12-4-3-5-13(10-12)17-16(21)18-14-6-9-22-11-14/h3-6,9-11H,1-2,7-8H2,(H2,17,18,21). The number of likely N-dealkylation sites (tertiary alicyclic amines) is 1. The molecule has 3 rings (SSSR count). The second-order valence-electron chi connectivity index (χ2n) is 5.17. The molecule has 1 aliphatic heterocycles. The Labute approximate surface area is 132 Å². The van der Waals surface area contributed by atoms with E-state index in [1.165, 1.54) is 11.3 Å². The Kier molecular flexibility index (Phi) is 4.39. The van der Waals surface area contributed by atoms with Gasteiger partial charge in [0.05, 0.1) is 5.69 Å². The SMILES string of the molecule is O=C(Nc1ccsc1)Nc1cccc(C(=O)N2CCCC2)c1. The maximum absolute atomic E-state index is 12.3. The lowest BCUT2D eigenvalue weighted by Gasteiger charge is -2.15. The maximum Gasteiger partial charge on any atom is 0.323 e. The molecule has 2 heterocycles. The molecule has 0 atom stereocenters. The normalized spacial score (nSPS) is 13.9. The van der Waals surface area contributed by atoms with Crippen LogP contribution in [0.25, 0.3) is 0 Å². The van der Waals surface area contributed by atoms with Crippen molar-refractivity contribution in [2.24, 2.45) is 0 Å². The molecule has 0 unspecified atom stereocenters. The number of nitrogens with one attached hydrogen (secondary N) is 2.